The summed E-state index contributed by atoms with van der Waals surface area (Å²) in [5.41, 5.74) is 5.97. The van der Waals surface area contributed by atoms with Crippen molar-refractivity contribution >= 4 is 0 Å². The molecule has 1 rings (SSSR count). The van der Waals surface area contributed by atoms with Crippen LogP contribution < -0.4 is 5.73 Å². The zero-order valence-electron chi connectivity index (χ0n) is 12.7. The van der Waals surface area contributed by atoms with Crippen molar-refractivity contribution in [2.45, 2.75) is 77.7 Å². The van der Waals surface area contributed by atoms with Crippen molar-refractivity contribution in [1.29, 1.82) is 0 Å². The van der Waals surface area contributed by atoms with Gasteiger partial charge in [-0.1, -0.05) is 52.4 Å². The smallest absolute Gasteiger partial charge is 0.0218 e. The van der Waals surface area contributed by atoms with Crippen molar-refractivity contribution in [3.63, 3.8) is 0 Å². The van der Waals surface area contributed by atoms with E-state index in [1.54, 1.807) is 0 Å². The van der Waals surface area contributed by atoms with Crippen molar-refractivity contribution in [3.05, 3.63) is 0 Å². The topological polar surface area (TPSA) is 29.3 Å². The van der Waals surface area contributed by atoms with E-state index in [1.807, 2.05) is 0 Å². The monoisotopic (exact) mass is 254 g/mol. The lowest BCUT2D eigenvalue weighted by molar-refractivity contribution is 0.124. The molecule has 2 N–H and O–H groups in total. The number of rotatable bonds is 9. The van der Waals surface area contributed by atoms with Crippen molar-refractivity contribution in [2.24, 2.45) is 11.7 Å². The normalized spacial score (nSPS) is 20.2. The summed E-state index contributed by atoms with van der Waals surface area (Å²) in [7, 11) is 0. The lowest BCUT2D eigenvalue weighted by Gasteiger charge is -2.37. The van der Waals surface area contributed by atoms with Crippen LogP contribution in [0.25, 0.3) is 0 Å². The van der Waals surface area contributed by atoms with Gasteiger partial charge in [0, 0.05) is 12.6 Å². The molecule has 0 bridgehead atoms. The van der Waals surface area contributed by atoms with Crippen LogP contribution in [0.3, 0.4) is 0 Å². The highest BCUT2D eigenvalue weighted by Crippen LogP contribution is 2.24. The highest BCUT2D eigenvalue weighted by molar-refractivity contribution is 4.79. The summed E-state index contributed by atoms with van der Waals surface area (Å²) in [6.45, 7) is 8.02. The number of nitrogens with zero attached hydrogens (tertiary/aromatic N) is 1. The summed E-state index contributed by atoms with van der Waals surface area (Å²) >= 11 is 0. The third-order valence-electron chi connectivity index (χ3n) is 4.53. The second kappa shape index (κ2) is 9.80. The fourth-order valence-electron chi connectivity index (χ4n) is 3.27. The average molecular weight is 254 g/mol. The molecule has 1 aliphatic rings. The largest absolute Gasteiger partial charge is 0.329 e. The summed E-state index contributed by atoms with van der Waals surface area (Å²) in [5.74, 6) is 0.991. The van der Waals surface area contributed by atoms with Gasteiger partial charge in [-0.05, 0) is 38.3 Å². The number of hydrogen-bond acceptors (Lipinski definition) is 2. The Bertz CT molecular complexity index is 183. The third kappa shape index (κ3) is 5.71. The molecule has 0 aromatic carbocycles. The molecule has 0 spiro atoms. The molecule has 0 aliphatic carbocycles. The van der Waals surface area contributed by atoms with Crippen LogP contribution in [0, 0.1) is 5.92 Å². The number of nitrogens with two attached hydrogens (primary N) is 1. The van der Waals surface area contributed by atoms with Gasteiger partial charge in [-0.2, -0.15) is 0 Å². The molecule has 1 heterocycles. The van der Waals surface area contributed by atoms with Crippen molar-refractivity contribution in [2.75, 3.05) is 19.6 Å². The Labute approximate surface area is 114 Å². The van der Waals surface area contributed by atoms with Crippen LogP contribution >= 0.6 is 0 Å². The van der Waals surface area contributed by atoms with Gasteiger partial charge in [0.25, 0.3) is 0 Å². The molecule has 0 aromatic heterocycles. The van der Waals surface area contributed by atoms with E-state index >= 15 is 0 Å². The predicted molar refractivity (Wildman–Crippen MR) is 80.8 cm³/mol. The quantitative estimate of drug-likeness (QED) is 0.634. The van der Waals surface area contributed by atoms with Crippen LogP contribution in [0.1, 0.15) is 71.6 Å². The Balaban J connectivity index is 2.20. The Morgan fingerprint density at radius 2 is 1.78 bits per heavy atom. The molecule has 2 heteroatoms. The first-order chi connectivity index (χ1) is 8.81. The second-order valence-corrected chi connectivity index (χ2v) is 6.01. The summed E-state index contributed by atoms with van der Waals surface area (Å²) in [4.78, 5) is 2.66. The highest BCUT2D eigenvalue weighted by atomic mass is 15.2. The minimum absolute atomic E-state index is 0.657. The van der Waals surface area contributed by atoms with Crippen LogP contribution in [-0.2, 0) is 0 Å². The Kier molecular flexibility index (Phi) is 8.70. The van der Waals surface area contributed by atoms with E-state index in [4.69, 9.17) is 5.73 Å². The van der Waals surface area contributed by atoms with Gasteiger partial charge in [0.15, 0.2) is 0 Å². The van der Waals surface area contributed by atoms with Gasteiger partial charge < -0.3 is 5.73 Å². The molecule has 0 amide bonds. The maximum Gasteiger partial charge on any atom is 0.0218 e. The molecule has 0 saturated carbocycles. The first-order valence-electron chi connectivity index (χ1n) is 8.25. The summed E-state index contributed by atoms with van der Waals surface area (Å²) < 4.78 is 0. The van der Waals surface area contributed by atoms with Crippen molar-refractivity contribution in [1.82, 2.24) is 4.90 Å². The van der Waals surface area contributed by atoms with E-state index in [2.05, 4.69) is 18.7 Å². The van der Waals surface area contributed by atoms with E-state index in [-0.39, 0.29) is 0 Å². The van der Waals surface area contributed by atoms with E-state index in [9.17, 15) is 0 Å². The van der Waals surface area contributed by atoms with Crippen LogP contribution in [0.15, 0.2) is 0 Å². The Hall–Kier alpha value is -0.0800. The van der Waals surface area contributed by atoms with Crippen LogP contribution in [-0.4, -0.2) is 30.6 Å². The van der Waals surface area contributed by atoms with E-state index in [0.29, 0.717) is 6.04 Å². The first kappa shape index (κ1) is 16.0. The summed E-state index contributed by atoms with van der Waals surface area (Å²) in [6.07, 6.45) is 12.4. The lowest BCUT2D eigenvalue weighted by Crippen LogP contribution is -2.45. The van der Waals surface area contributed by atoms with Crippen LogP contribution in [0.4, 0.5) is 0 Å². The number of hydrogen-bond donors (Lipinski definition) is 1. The third-order valence-corrected chi connectivity index (χ3v) is 4.53. The Morgan fingerprint density at radius 1 is 1.06 bits per heavy atom. The molecule has 1 aliphatic heterocycles. The maximum atomic E-state index is 5.97. The van der Waals surface area contributed by atoms with Gasteiger partial charge in [-0.15, -0.1) is 0 Å². The van der Waals surface area contributed by atoms with Crippen LogP contribution in [0.2, 0.25) is 0 Å². The van der Waals surface area contributed by atoms with E-state index < -0.39 is 0 Å². The summed E-state index contributed by atoms with van der Waals surface area (Å²) in [6, 6.07) is 0.657. The second-order valence-electron chi connectivity index (χ2n) is 6.01. The molecule has 0 aromatic rings. The molecule has 1 atom stereocenters. The van der Waals surface area contributed by atoms with Gasteiger partial charge in [0.05, 0.1) is 0 Å². The zero-order chi connectivity index (χ0) is 13.2. The van der Waals surface area contributed by atoms with E-state index in [0.717, 1.165) is 12.5 Å². The fraction of sp³-hybridized carbons (Fsp3) is 1.00. The van der Waals surface area contributed by atoms with Crippen molar-refractivity contribution in [3.8, 4) is 0 Å². The molecular formula is C16H34N2. The highest BCUT2D eigenvalue weighted by Gasteiger charge is 2.23. The molecular weight excluding hydrogens is 220 g/mol. The Morgan fingerprint density at radius 3 is 2.33 bits per heavy atom. The van der Waals surface area contributed by atoms with Gasteiger partial charge in [0.1, 0.15) is 0 Å². The standard InChI is InChI=1S/C16H34N2/c1-3-5-6-7-9-16(14-17)18-12-10-15(8-4-2)11-13-18/h15-16H,3-14,17H2,1-2H3. The molecule has 0 radical (unpaired) electrons. The lowest BCUT2D eigenvalue weighted by atomic mass is 9.91. The fourth-order valence-corrected chi connectivity index (χ4v) is 3.27. The molecule has 108 valence electrons. The minimum Gasteiger partial charge on any atom is -0.329 e. The molecule has 1 fully saturated rings. The number of likely N-dealkylation sites (tertiary alicyclic amines) is 1. The minimum atomic E-state index is 0.657. The number of piperidine rings is 1. The maximum absolute atomic E-state index is 5.97. The van der Waals surface area contributed by atoms with Gasteiger partial charge in [-0.3, -0.25) is 4.90 Å². The molecule has 1 unspecified atom stereocenters. The van der Waals surface area contributed by atoms with Crippen molar-refractivity contribution < 1.29 is 0 Å². The molecule has 2 nitrogen and oxygen atoms in total. The van der Waals surface area contributed by atoms with Gasteiger partial charge in [0.2, 0.25) is 0 Å². The van der Waals surface area contributed by atoms with E-state index in [1.165, 1.54) is 70.9 Å². The van der Waals surface area contributed by atoms with Gasteiger partial charge in [-0.25, -0.2) is 0 Å². The predicted octanol–water partition coefficient (Wildman–Crippen LogP) is 3.80. The molecule has 18 heavy (non-hydrogen) atoms. The average Bonchev–Trinajstić information content (AvgIpc) is 2.41. The first-order valence-corrected chi connectivity index (χ1v) is 8.25. The zero-order valence-corrected chi connectivity index (χ0v) is 12.7. The molecule has 1 saturated heterocycles. The van der Waals surface area contributed by atoms with Gasteiger partial charge >= 0.3 is 0 Å². The van der Waals surface area contributed by atoms with Crippen LogP contribution in [0.5, 0.6) is 0 Å². The summed E-state index contributed by atoms with van der Waals surface area (Å²) in [5, 5.41) is 0. The number of unbranched alkanes of at least 4 members (excludes halogenated alkanes) is 3. The SMILES string of the molecule is CCCCCCC(CN)N1CCC(CCC)CC1.